The molecule has 1 fully saturated rings. The smallest absolute Gasteiger partial charge is 0.0641 e. The lowest BCUT2D eigenvalue weighted by molar-refractivity contribution is 0.0817. The van der Waals surface area contributed by atoms with E-state index in [1.54, 1.807) is 0 Å². The maximum Gasteiger partial charge on any atom is 0.0641 e. The van der Waals surface area contributed by atoms with Crippen molar-refractivity contribution in [3.05, 3.63) is 11.1 Å². The van der Waals surface area contributed by atoms with Crippen molar-refractivity contribution in [2.45, 2.75) is 27.2 Å². The van der Waals surface area contributed by atoms with Crippen molar-refractivity contribution in [2.24, 2.45) is 11.3 Å². The zero-order chi connectivity index (χ0) is 9.35. The van der Waals surface area contributed by atoms with E-state index >= 15 is 0 Å². The summed E-state index contributed by atoms with van der Waals surface area (Å²) in [6.45, 7) is 6.63. The van der Waals surface area contributed by atoms with Gasteiger partial charge in [-0.25, -0.2) is 0 Å². The topological polar surface area (TPSA) is 40.5 Å². The van der Waals surface area contributed by atoms with Crippen molar-refractivity contribution in [3.63, 3.8) is 0 Å². The fourth-order valence-electron chi connectivity index (χ4n) is 1.99. The standard InChI is InChI=1S/C10H18O2/c1-7(5-11)9-4-8(6-12)10(9,2)3/h8,11-12H,4-6H2,1-3H3/b9-7-/t8-/m0/s1. The summed E-state index contributed by atoms with van der Waals surface area (Å²) in [7, 11) is 0. The van der Waals surface area contributed by atoms with E-state index in [0.29, 0.717) is 5.92 Å². The Morgan fingerprint density at radius 1 is 1.50 bits per heavy atom. The first-order valence-electron chi connectivity index (χ1n) is 4.44. The van der Waals surface area contributed by atoms with Crippen LogP contribution in [0.25, 0.3) is 0 Å². The lowest BCUT2D eigenvalue weighted by Gasteiger charge is -2.48. The van der Waals surface area contributed by atoms with Gasteiger partial charge in [-0.2, -0.15) is 0 Å². The van der Waals surface area contributed by atoms with E-state index in [-0.39, 0.29) is 18.6 Å². The second kappa shape index (κ2) is 3.19. The highest BCUT2D eigenvalue weighted by molar-refractivity contribution is 5.29. The maximum absolute atomic E-state index is 9.01. The van der Waals surface area contributed by atoms with Gasteiger partial charge in [-0.3, -0.25) is 0 Å². The fraction of sp³-hybridized carbons (Fsp3) is 0.800. The van der Waals surface area contributed by atoms with Gasteiger partial charge in [0.05, 0.1) is 6.61 Å². The molecular formula is C10H18O2. The molecule has 0 aromatic rings. The van der Waals surface area contributed by atoms with Crippen LogP contribution in [-0.4, -0.2) is 23.4 Å². The molecule has 0 heterocycles. The molecule has 2 N–H and O–H groups in total. The number of rotatable bonds is 2. The van der Waals surface area contributed by atoms with Crippen molar-refractivity contribution >= 4 is 0 Å². The summed E-state index contributed by atoms with van der Waals surface area (Å²) in [4.78, 5) is 0. The van der Waals surface area contributed by atoms with Crippen LogP contribution in [0.4, 0.5) is 0 Å². The summed E-state index contributed by atoms with van der Waals surface area (Å²) in [6.07, 6.45) is 0.954. The van der Waals surface area contributed by atoms with E-state index in [4.69, 9.17) is 10.2 Å². The third-order valence-electron chi connectivity index (χ3n) is 3.22. The molecule has 1 aliphatic rings. The fourth-order valence-corrected chi connectivity index (χ4v) is 1.99. The highest BCUT2D eigenvalue weighted by atomic mass is 16.3. The summed E-state index contributed by atoms with van der Waals surface area (Å²) in [5, 5.41) is 17.9. The molecule has 2 nitrogen and oxygen atoms in total. The van der Waals surface area contributed by atoms with E-state index in [9.17, 15) is 0 Å². The summed E-state index contributed by atoms with van der Waals surface area (Å²) >= 11 is 0. The van der Waals surface area contributed by atoms with Gasteiger partial charge < -0.3 is 10.2 Å². The van der Waals surface area contributed by atoms with Crippen LogP contribution in [0.2, 0.25) is 0 Å². The average Bonchev–Trinajstić information content (AvgIpc) is 2.03. The third-order valence-corrected chi connectivity index (χ3v) is 3.22. The Labute approximate surface area is 73.9 Å². The van der Waals surface area contributed by atoms with Gasteiger partial charge >= 0.3 is 0 Å². The first kappa shape index (κ1) is 9.75. The molecule has 12 heavy (non-hydrogen) atoms. The number of hydrogen-bond acceptors (Lipinski definition) is 2. The minimum Gasteiger partial charge on any atom is -0.396 e. The van der Waals surface area contributed by atoms with Gasteiger partial charge in [-0.05, 0) is 30.3 Å². The highest BCUT2D eigenvalue weighted by Gasteiger charge is 2.43. The average molecular weight is 170 g/mol. The Kier molecular flexibility index (Phi) is 2.59. The summed E-state index contributed by atoms with van der Waals surface area (Å²) < 4.78 is 0. The second-order valence-corrected chi connectivity index (χ2v) is 4.22. The van der Waals surface area contributed by atoms with Gasteiger partial charge in [0.1, 0.15) is 0 Å². The van der Waals surface area contributed by atoms with Crippen LogP contribution in [0.15, 0.2) is 11.1 Å². The van der Waals surface area contributed by atoms with Gasteiger partial charge in [0, 0.05) is 6.61 Å². The molecule has 1 rings (SSSR count). The maximum atomic E-state index is 9.01. The molecule has 0 aliphatic heterocycles. The molecule has 0 spiro atoms. The van der Waals surface area contributed by atoms with Gasteiger partial charge in [0.25, 0.3) is 0 Å². The largest absolute Gasteiger partial charge is 0.396 e. The van der Waals surface area contributed by atoms with Crippen LogP contribution in [-0.2, 0) is 0 Å². The summed E-state index contributed by atoms with van der Waals surface area (Å²) in [5.41, 5.74) is 2.50. The minimum absolute atomic E-state index is 0.0988. The molecule has 1 atom stereocenters. The lowest BCUT2D eigenvalue weighted by Crippen LogP contribution is -2.41. The highest BCUT2D eigenvalue weighted by Crippen LogP contribution is 2.51. The molecule has 1 aliphatic carbocycles. The summed E-state index contributed by atoms with van der Waals surface area (Å²) in [5.74, 6) is 0.383. The molecule has 0 bridgehead atoms. The number of hydrogen-bond donors (Lipinski definition) is 2. The number of aliphatic hydroxyl groups excluding tert-OH is 2. The first-order valence-corrected chi connectivity index (χ1v) is 4.44. The molecule has 0 amide bonds. The molecule has 1 saturated carbocycles. The van der Waals surface area contributed by atoms with Crippen LogP contribution in [0, 0.1) is 11.3 Å². The van der Waals surface area contributed by atoms with Gasteiger partial charge in [-0.1, -0.05) is 19.4 Å². The van der Waals surface area contributed by atoms with E-state index in [2.05, 4.69) is 13.8 Å². The first-order chi connectivity index (χ1) is 5.54. The molecule has 0 unspecified atom stereocenters. The third kappa shape index (κ3) is 1.29. The van der Waals surface area contributed by atoms with Crippen LogP contribution in [0.5, 0.6) is 0 Å². The summed E-state index contributed by atoms with van der Waals surface area (Å²) in [6, 6.07) is 0. The Bertz CT molecular complexity index is 204. The second-order valence-electron chi connectivity index (χ2n) is 4.22. The zero-order valence-electron chi connectivity index (χ0n) is 8.09. The van der Waals surface area contributed by atoms with Crippen LogP contribution in [0.1, 0.15) is 27.2 Å². The Morgan fingerprint density at radius 2 is 2.08 bits per heavy atom. The molecular weight excluding hydrogens is 152 g/mol. The van der Waals surface area contributed by atoms with E-state index in [1.165, 1.54) is 5.57 Å². The minimum atomic E-state index is 0.0988. The molecule has 70 valence electrons. The predicted octanol–water partition coefficient (Wildman–Crippen LogP) is 1.33. The quantitative estimate of drug-likeness (QED) is 0.614. The van der Waals surface area contributed by atoms with Crippen LogP contribution < -0.4 is 0 Å². The lowest BCUT2D eigenvalue weighted by atomic mass is 9.58. The number of allylic oxidation sites excluding steroid dienone is 1. The van der Waals surface area contributed by atoms with Crippen molar-refractivity contribution in [2.75, 3.05) is 13.2 Å². The Morgan fingerprint density at radius 3 is 2.42 bits per heavy atom. The SMILES string of the molecule is C/C(CO)=C1\C[C@@H](CO)C1(C)C. The number of aliphatic hydroxyl groups is 2. The monoisotopic (exact) mass is 170 g/mol. The van der Waals surface area contributed by atoms with Crippen LogP contribution >= 0.6 is 0 Å². The van der Waals surface area contributed by atoms with Crippen molar-refractivity contribution < 1.29 is 10.2 Å². The molecule has 0 saturated heterocycles. The molecule has 2 heteroatoms. The van der Waals surface area contributed by atoms with Crippen molar-refractivity contribution in [1.82, 2.24) is 0 Å². The zero-order valence-corrected chi connectivity index (χ0v) is 8.09. The normalized spacial score (nSPS) is 31.2. The van der Waals surface area contributed by atoms with Crippen molar-refractivity contribution in [1.29, 1.82) is 0 Å². The van der Waals surface area contributed by atoms with Gasteiger partial charge in [0.15, 0.2) is 0 Å². The van der Waals surface area contributed by atoms with Gasteiger partial charge in [0.2, 0.25) is 0 Å². The molecule has 0 radical (unpaired) electrons. The molecule has 0 aromatic heterocycles. The predicted molar refractivity (Wildman–Crippen MR) is 48.8 cm³/mol. The van der Waals surface area contributed by atoms with Crippen molar-refractivity contribution in [3.8, 4) is 0 Å². The van der Waals surface area contributed by atoms with Gasteiger partial charge in [-0.15, -0.1) is 0 Å². The van der Waals surface area contributed by atoms with E-state index in [1.807, 2.05) is 6.92 Å². The van der Waals surface area contributed by atoms with E-state index < -0.39 is 0 Å². The molecule has 0 aromatic carbocycles. The van der Waals surface area contributed by atoms with E-state index in [0.717, 1.165) is 12.0 Å². The Balaban J connectivity index is 2.77. The van der Waals surface area contributed by atoms with Crippen LogP contribution in [0.3, 0.4) is 0 Å². The Hall–Kier alpha value is -0.340.